The van der Waals surface area contributed by atoms with E-state index in [0.29, 0.717) is 6.61 Å². The second-order valence-electron chi connectivity index (χ2n) is 3.84. The molecule has 1 N–H and O–H groups in total. The van der Waals surface area contributed by atoms with E-state index in [9.17, 15) is 4.79 Å². The lowest BCUT2D eigenvalue weighted by Gasteiger charge is -2.10. The minimum absolute atomic E-state index is 0.634. The summed E-state index contributed by atoms with van der Waals surface area (Å²) in [6.45, 7) is 5.55. The Bertz CT molecular complexity index is 564. The number of para-hydroxylation sites is 3. The van der Waals surface area contributed by atoms with Gasteiger partial charge in [-0.3, -0.25) is 0 Å². The summed E-state index contributed by atoms with van der Waals surface area (Å²) in [7, 11) is 0. The Kier molecular flexibility index (Phi) is 7.14. The maximum absolute atomic E-state index is 9.25. The Morgan fingerprint density at radius 1 is 1.10 bits per heavy atom. The highest BCUT2D eigenvalue weighted by Gasteiger charge is 2.03. The van der Waals surface area contributed by atoms with E-state index in [4.69, 9.17) is 14.6 Å². The molecule has 2 aromatic rings. The van der Waals surface area contributed by atoms with Gasteiger partial charge in [0.2, 0.25) is 0 Å². The van der Waals surface area contributed by atoms with Gasteiger partial charge in [0.15, 0.2) is 11.5 Å². The fourth-order valence-corrected chi connectivity index (χ4v) is 1.42. The maximum Gasteiger partial charge on any atom is 0.327 e. The second-order valence-corrected chi connectivity index (χ2v) is 3.84. The van der Waals surface area contributed by atoms with Crippen molar-refractivity contribution in [3.63, 3.8) is 0 Å². The number of hydrogen-bond acceptors (Lipinski definition) is 3. The van der Waals surface area contributed by atoms with Crippen LogP contribution in [0.4, 0.5) is 0 Å². The van der Waals surface area contributed by atoms with Crippen LogP contribution in [0, 0.1) is 0 Å². The number of benzene rings is 2. The molecule has 4 heteroatoms. The first kappa shape index (κ1) is 16.3. The predicted octanol–water partition coefficient (Wildman–Crippen LogP) is 4.13. The van der Waals surface area contributed by atoms with Crippen LogP contribution in [-0.2, 0) is 4.79 Å². The monoisotopic (exact) mass is 286 g/mol. The smallest absolute Gasteiger partial charge is 0.327 e. The zero-order valence-corrected chi connectivity index (χ0v) is 11.9. The average Bonchev–Trinajstić information content (AvgIpc) is 2.51. The number of aliphatic carboxylic acids is 1. The fraction of sp³-hybridized carbons (Fsp3) is 0.118. The summed E-state index contributed by atoms with van der Waals surface area (Å²) in [5, 5.41) is 7.60. The molecule has 110 valence electrons. The quantitative estimate of drug-likeness (QED) is 0.839. The normalized spacial score (nSPS) is 9.00. The standard InChI is InChI=1S/C14H14O2.C3H4O2/c1-2-15-13-10-6-7-11-14(13)16-12-8-4-3-5-9-12;1-2-3(4)5/h3-11H,2H2,1H3;2H,1H2,(H,4,5). The molecule has 2 aromatic carbocycles. The fourth-order valence-electron chi connectivity index (χ4n) is 1.42. The van der Waals surface area contributed by atoms with Gasteiger partial charge >= 0.3 is 5.97 Å². The third-order valence-electron chi connectivity index (χ3n) is 2.29. The van der Waals surface area contributed by atoms with Crippen molar-refractivity contribution < 1.29 is 19.4 Å². The summed E-state index contributed by atoms with van der Waals surface area (Å²) in [5.74, 6) is 1.35. The van der Waals surface area contributed by atoms with Crippen molar-refractivity contribution in [3.8, 4) is 17.2 Å². The summed E-state index contributed by atoms with van der Waals surface area (Å²) in [4.78, 5) is 9.25. The molecule has 2 rings (SSSR count). The van der Waals surface area contributed by atoms with Gasteiger partial charge in [-0.05, 0) is 31.2 Å². The van der Waals surface area contributed by atoms with E-state index in [-0.39, 0.29) is 0 Å². The van der Waals surface area contributed by atoms with Crippen molar-refractivity contribution in [1.82, 2.24) is 0 Å². The zero-order chi connectivity index (χ0) is 15.5. The van der Waals surface area contributed by atoms with Crippen LogP contribution in [0.1, 0.15) is 6.92 Å². The lowest BCUT2D eigenvalue weighted by molar-refractivity contribution is -0.131. The summed E-state index contributed by atoms with van der Waals surface area (Å²) in [5.41, 5.74) is 0. The number of carbonyl (C=O) groups is 1. The largest absolute Gasteiger partial charge is 0.490 e. The minimum Gasteiger partial charge on any atom is -0.490 e. The molecule has 0 radical (unpaired) electrons. The summed E-state index contributed by atoms with van der Waals surface area (Å²) in [6, 6.07) is 17.4. The van der Waals surface area contributed by atoms with Gasteiger partial charge in [-0.1, -0.05) is 36.9 Å². The SMILES string of the molecule is C=CC(=O)O.CCOc1ccccc1Oc1ccccc1. The number of carboxylic acids is 1. The van der Waals surface area contributed by atoms with Crippen molar-refractivity contribution in [1.29, 1.82) is 0 Å². The van der Waals surface area contributed by atoms with Crippen molar-refractivity contribution in [2.75, 3.05) is 6.61 Å². The minimum atomic E-state index is -0.981. The van der Waals surface area contributed by atoms with Crippen LogP contribution in [0.2, 0.25) is 0 Å². The lowest BCUT2D eigenvalue weighted by atomic mass is 10.3. The Hall–Kier alpha value is -2.75. The first-order chi connectivity index (χ1) is 10.2. The van der Waals surface area contributed by atoms with E-state index in [1.807, 2.05) is 61.5 Å². The first-order valence-electron chi connectivity index (χ1n) is 6.47. The van der Waals surface area contributed by atoms with Crippen LogP contribution in [0.3, 0.4) is 0 Å². The summed E-state index contributed by atoms with van der Waals surface area (Å²) in [6.07, 6.45) is 0.833. The van der Waals surface area contributed by atoms with E-state index in [2.05, 4.69) is 6.58 Å². The molecule has 0 fully saturated rings. The lowest BCUT2D eigenvalue weighted by Crippen LogP contribution is -1.94. The Morgan fingerprint density at radius 2 is 1.62 bits per heavy atom. The van der Waals surface area contributed by atoms with Gasteiger partial charge in [0.1, 0.15) is 5.75 Å². The Morgan fingerprint density at radius 3 is 2.14 bits per heavy atom. The van der Waals surface area contributed by atoms with Gasteiger partial charge in [-0.15, -0.1) is 0 Å². The van der Waals surface area contributed by atoms with E-state index in [1.54, 1.807) is 0 Å². The van der Waals surface area contributed by atoms with Crippen molar-refractivity contribution >= 4 is 5.97 Å². The molecule has 0 aliphatic rings. The third kappa shape index (κ3) is 6.29. The highest BCUT2D eigenvalue weighted by atomic mass is 16.5. The van der Waals surface area contributed by atoms with Crippen molar-refractivity contribution in [3.05, 3.63) is 67.3 Å². The van der Waals surface area contributed by atoms with E-state index in [1.165, 1.54) is 0 Å². The summed E-state index contributed by atoms with van der Waals surface area (Å²) < 4.78 is 11.2. The highest BCUT2D eigenvalue weighted by molar-refractivity contribution is 5.78. The van der Waals surface area contributed by atoms with Crippen LogP contribution >= 0.6 is 0 Å². The molecule has 0 saturated carbocycles. The molecule has 0 unspecified atom stereocenters. The van der Waals surface area contributed by atoms with Crippen LogP contribution in [-0.4, -0.2) is 17.7 Å². The molecular formula is C17H18O4. The molecule has 0 saturated heterocycles. The molecular weight excluding hydrogens is 268 g/mol. The van der Waals surface area contributed by atoms with E-state index >= 15 is 0 Å². The Balaban J connectivity index is 0.000000383. The van der Waals surface area contributed by atoms with Crippen molar-refractivity contribution in [2.24, 2.45) is 0 Å². The maximum atomic E-state index is 9.25. The topological polar surface area (TPSA) is 55.8 Å². The molecule has 0 spiro atoms. The van der Waals surface area contributed by atoms with Crippen molar-refractivity contribution in [2.45, 2.75) is 6.92 Å². The van der Waals surface area contributed by atoms with Crippen LogP contribution in [0.25, 0.3) is 0 Å². The predicted molar refractivity (Wildman–Crippen MR) is 82.0 cm³/mol. The van der Waals surface area contributed by atoms with Gasteiger partial charge in [-0.2, -0.15) is 0 Å². The van der Waals surface area contributed by atoms with Crippen LogP contribution < -0.4 is 9.47 Å². The second kappa shape index (κ2) is 9.20. The van der Waals surface area contributed by atoms with Gasteiger partial charge in [-0.25, -0.2) is 4.79 Å². The molecule has 0 heterocycles. The number of ether oxygens (including phenoxy) is 2. The van der Waals surface area contributed by atoms with Crippen LogP contribution in [0.5, 0.6) is 17.2 Å². The Labute approximate surface area is 124 Å². The zero-order valence-electron chi connectivity index (χ0n) is 11.9. The van der Waals surface area contributed by atoms with Gasteiger partial charge in [0, 0.05) is 6.08 Å². The molecule has 0 aliphatic carbocycles. The number of hydrogen-bond donors (Lipinski definition) is 1. The molecule has 21 heavy (non-hydrogen) atoms. The van der Waals surface area contributed by atoms with Gasteiger partial charge in [0.25, 0.3) is 0 Å². The first-order valence-corrected chi connectivity index (χ1v) is 6.47. The average molecular weight is 286 g/mol. The molecule has 0 aromatic heterocycles. The third-order valence-corrected chi connectivity index (χ3v) is 2.29. The number of rotatable bonds is 5. The van der Waals surface area contributed by atoms with E-state index < -0.39 is 5.97 Å². The van der Waals surface area contributed by atoms with Crippen LogP contribution in [0.15, 0.2) is 67.3 Å². The molecule has 0 atom stereocenters. The molecule has 0 amide bonds. The molecule has 0 aliphatic heterocycles. The highest BCUT2D eigenvalue weighted by Crippen LogP contribution is 2.30. The van der Waals surface area contributed by atoms with E-state index in [0.717, 1.165) is 23.3 Å². The molecule has 4 nitrogen and oxygen atoms in total. The van der Waals surface area contributed by atoms with Gasteiger partial charge in [0.05, 0.1) is 6.61 Å². The summed E-state index contributed by atoms with van der Waals surface area (Å²) >= 11 is 0. The van der Waals surface area contributed by atoms with Gasteiger partial charge < -0.3 is 14.6 Å². The number of carboxylic acid groups (broad SMARTS) is 1. The molecule has 0 bridgehead atoms.